The van der Waals surface area contributed by atoms with Crippen molar-refractivity contribution in [2.75, 3.05) is 18.0 Å². The molecule has 0 unspecified atom stereocenters. The number of anilines is 1. The van der Waals surface area contributed by atoms with Crippen LogP contribution < -0.4 is 10.5 Å². The summed E-state index contributed by atoms with van der Waals surface area (Å²) >= 11 is 0. The van der Waals surface area contributed by atoms with Crippen molar-refractivity contribution in [3.63, 3.8) is 0 Å². The minimum Gasteiger partial charge on any atom is -0.422 e. The Kier molecular flexibility index (Phi) is 4.44. The maximum atomic E-state index is 12.8. The van der Waals surface area contributed by atoms with Gasteiger partial charge in [0.1, 0.15) is 17.0 Å². The van der Waals surface area contributed by atoms with Crippen molar-refractivity contribution in [1.82, 2.24) is 9.55 Å². The smallest absolute Gasteiger partial charge is 0.347 e. The summed E-state index contributed by atoms with van der Waals surface area (Å²) in [4.78, 5) is 19.7. The van der Waals surface area contributed by atoms with Gasteiger partial charge in [-0.05, 0) is 51.1 Å². The van der Waals surface area contributed by atoms with E-state index in [0.29, 0.717) is 17.0 Å². The van der Waals surface area contributed by atoms with E-state index in [-0.39, 0.29) is 5.63 Å². The van der Waals surface area contributed by atoms with E-state index in [0.717, 1.165) is 41.7 Å². The monoisotopic (exact) mass is 361 g/mol. The molecular formula is C22H23N3O2. The number of aryl methyl sites for hydroxylation is 1. The molecule has 5 nitrogen and oxygen atoms in total. The van der Waals surface area contributed by atoms with Crippen LogP contribution in [0, 0.1) is 0 Å². The van der Waals surface area contributed by atoms with Gasteiger partial charge in [-0.15, -0.1) is 0 Å². The molecule has 2 aromatic heterocycles. The normalized spacial score (nSPS) is 11.4. The molecule has 0 aliphatic rings. The quantitative estimate of drug-likeness (QED) is 0.485. The van der Waals surface area contributed by atoms with Gasteiger partial charge >= 0.3 is 5.63 Å². The fourth-order valence-electron chi connectivity index (χ4n) is 3.64. The molecule has 0 saturated heterocycles. The lowest BCUT2D eigenvalue weighted by Crippen LogP contribution is -2.21. The van der Waals surface area contributed by atoms with Crippen LogP contribution in [-0.2, 0) is 6.54 Å². The second-order valence-corrected chi connectivity index (χ2v) is 6.51. The zero-order valence-electron chi connectivity index (χ0n) is 15.9. The Bertz CT molecular complexity index is 1170. The number of hydrogen-bond donors (Lipinski definition) is 0. The number of hydrogen-bond acceptors (Lipinski definition) is 4. The summed E-state index contributed by atoms with van der Waals surface area (Å²) in [6.45, 7) is 8.82. The lowest BCUT2D eigenvalue weighted by molar-refractivity contribution is 0.562. The SMILES string of the molecule is CCN(CC)c1ccc2cc(-c3nc4ccccc4n3CC)c(=O)oc2c1. The van der Waals surface area contributed by atoms with Crippen LogP contribution in [0.5, 0.6) is 0 Å². The predicted molar refractivity (Wildman–Crippen MR) is 110 cm³/mol. The molecule has 0 N–H and O–H groups in total. The molecule has 4 aromatic rings. The van der Waals surface area contributed by atoms with Gasteiger partial charge in [-0.3, -0.25) is 0 Å². The highest BCUT2D eigenvalue weighted by atomic mass is 16.4. The molecule has 5 heteroatoms. The summed E-state index contributed by atoms with van der Waals surface area (Å²) in [6.07, 6.45) is 0. The van der Waals surface area contributed by atoms with Crippen molar-refractivity contribution in [3.8, 4) is 11.4 Å². The number of imidazole rings is 1. The van der Waals surface area contributed by atoms with Crippen molar-refractivity contribution in [2.24, 2.45) is 0 Å². The van der Waals surface area contributed by atoms with E-state index in [1.54, 1.807) is 0 Å². The van der Waals surface area contributed by atoms with E-state index in [9.17, 15) is 4.79 Å². The van der Waals surface area contributed by atoms with Crippen LogP contribution in [0.1, 0.15) is 20.8 Å². The number of aromatic nitrogens is 2. The maximum Gasteiger partial charge on any atom is 0.347 e. The molecule has 0 aliphatic carbocycles. The zero-order chi connectivity index (χ0) is 19.0. The van der Waals surface area contributed by atoms with Gasteiger partial charge in [-0.25, -0.2) is 9.78 Å². The maximum absolute atomic E-state index is 12.8. The molecular weight excluding hydrogens is 338 g/mol. The van der Waals surface area contributed by atoms with Crippen molar-refractivity contribution in [1.29, 1.82) is 0 Å². The van der Waals surface area contributed by atoms with E-state index >= 15 is 0 Å². The highest BCUT2D eigenvalue weighted by Gasteiger charge is 2.16. The topological polar surface area (TPSA) is 51.3 Å². The van der Waals surface area contributed by atoms with Crippen molar-refractivity contribution in [3.05, 3.63) is 59.0 Å². The second kappa shape index (κ2) is 6.91. The number of benzene rings is 2. The molecule has 27 heavy (non-hydrogen) atoms. The Morgan fingerprint density at radius 3 is 2.56 bits per heavy atom. The Hall–Kier alpha value is -3.08. The lowest BCUT2D eigenvalue weighted by Gasteiger charge is -2.21. The highest BCUT2D eigenvalue weighted by Crippen LogP contribution is 2.27. The second-order valence-electron chi connectivity index (χ2n) is 6.51. The highest BCUT2D eigenvalue weighted by molar-refractivity contribution is 5.86. The van der Waals surface area contributed by atoms with Crippen molar-refractivity contribution < 1.29 is 4.42 Å². The molecule has 0 atom stereocenters. The first-order valence-corrected chi connectivity index (χ1v) is 9.44. The number of fused-ring (bicyclic) bond motifs is 2. The average Bonchev–Trinajstić information content (AvgIpc) is 3.06. The van der Waals surface area contributed by atoms with Gasteiger partial charge in [0.25, 0.3) is 0 Å². The lowest BCUT2D eigenvalue weighted by atomic mass is 10.1. The summed E-state index contributed by atoms with van der Waals surface area (Å²) in [5.74, 6) is 0.655. The Morgan fingerprint density at radius 2 is 1.81 bits per heavy atom. The van der Waals surface area contributed by atoms with Crippen molar-refractivity contribution >= 4 is 27.7 Å². The molecule has 0 fully saturated rings. The van der Waals surface area contributed by atoms with Gasteiger partial charge in [0.15, 0.2) is 0 Å². The van der Waals surface area contributed by atoms with E-state index in [1.807, 2.05) is 42.5 Å². The van der Waals surface area contributed by atoms with Crippen LogP contribution in [0.15, 0.2) is 57.7 Å². The van der Waals surface area contributed by atoms with Gasteiger partial charge < -0.3 is 13.9 Å². The molecule has 0 amide bonds. The van der Waals surface area contributed by atoms with Crippen LogP contribution >= 0.6 is 0 Å². The molecule has 4 rings (SSSR count). The zero-order valence-corrected chi connectivity index (χ0v) is 15.9. The first-order valence-electron chi connectivity index (χ1n) is 9.44. The van der Waals surface area contributed by atoms with Gasteiger partial charge in [-0.1, -0.05) is 12.1 Å². The molecule has 0 aliphatic heterocycles. The Morgan fingerprint density at radius 1 is 1.04 bits per heavy atom. The molecule has 0 spiro atoms. The van der Waals surface area contributed by atoms with Crippen LogP contribution in [0.4, 0.5) is 5.69 Å². The summed E-state index contributed by atoms with van der Waals surface area (Å²) in [6, 6.07) is 15.8. The van der Waals surface area contributed by atoms with Crippen LogP contribution in [0.2, 0.25) is 0 Å². The number of rotatable bonds is 5. The van der Waals surface area contributed by atoms with E-state index in [1.165, 1.54) is 0 Å². The summed E-state index contributed by atoms with van der Waals surface area (Å²) in [5, 5.41) is 0.898. The van der Waals surface area contributed by atoms with E-state index < -0.39 is 0 Å². The first-order chi connectivity index (χ1) is 13.2. The fourth-order valence-corrected chi connectivity index (χ4v) is 3.64. The Balaban J connectivity index is 1.90. The minimum atomic E-state index is -0.357. The van der Waals surface area contributed by atoms with Crippen LogP contribution in [-0.4, -0.2) is 22.6 Å². The standard InChI is InChI=1S/C22H23N3O2/c1-4-24(5-2)16-12-11-15-13-17(22(26)27-20(15)14-16)21-23-18-9-7-8-10-19(18)25(21)6-3/h7-14H,4-6H2,1-3H3. The van der Waals surface area contributed by atoms with Gasteiger partial charge in [-0.2, -0.15) is 0 Å². The third-order valence-corrected chi connectivity index (χ3v) is 5.06. The molecule has 138 valence electrons. The molecule has 0 saturated carbocycles. The summed E-state index contributed by atoms with van der Waals surface area (Å²) < 4.78 is 7.74. The average molecular weight is 361 g/mol. The number of nitrogens with zero attached hydrogens (tertiary/aromatic N) is 3. The minimum absolute atomic E-state index is 0.357. The van der Waals surface area contributed by atoms with Crippen molar-refractivity contribution in [2.45, 2.75) is 27.3 Å². The van der Waals surface area contributed by atoms with Gasteiger partial charge in [0.05, 0.1) is 11.0 Å². The summed E-state index contributed by atoms with van der Waals surface area (Å²) in [7, 11) is 0. The third-order valence-electron chi connectivity index (χ3n) is 5.06. The largest absolute Gasteiger partial charge is 0.422 e. The van der Waals surface area contributed by atoms with E-state index in [2.05, 4.69) is 41.3 Å². The molecule has 0 radical (unpaired) electrons. The van der Waals surface area contributed by atoms with Gasteiger partial charge in [0.2, 0.25) is 0 Å². The number of para-hydroxylation sites is 2. The van der Waals surface area contributed by atoms with Gasteiger partial charge in [0, 0.05) is 36.8 Å². The fraction of sp³-hybridized carbons (Fsp3) is 0.273. The van der Waals surface area contributed by atoms with Crippen LogP contribution in [0.3, 0.4) is 0 Å². The van der Waals surface area contributed by atoms with E-state index in [4.69, 9.17) is 4.42 Å². The predicted octanol–water partition coefficient (Wildman–Crippen LogP) is 4.68. The van der Waals surface area contributed by atoms with Crippen LogP contribution in [0.25, 0.3) is 33.4 Å². The first kappa shape index (κ1) is 17.3. The molecule has 0 bridgehead atoms. The third kappa shape index (κ3) is 2.89. The Labute approximate surface area is 157 Å². The molecule has 2 aromatic carbocycles. The molecule has 2 heterocycles. The summed E-state index contributed by atoms with van der Waals surface area (Å²) in [5.41, 5.74) is 3.70.